The third-order valence-electron chi connectivity index (χ3n) is 2.30. The minimum absolute atomic E-state index is 0.0335. The van der Waals surface area contributed by atoms with Crippen molar-refractivity contribution in [3.63, 3.8) is 0 Å². The van der Waals surface area contributed by atoms with Gasteiger partial charge < -0.3 is 4.74 Å². The van der Waals surface area contributed by atoms with Crippen LogP contribution in [-0.4, -0.2) is 11.6 Å². The number of benzene rings is 1. The van der Waals surface area contributed by atoms with Crippen molar-refractivity contribution in [2.24, 2.45) is 0 Å². The van der Waals surface area contributed by atoms with Crippen LogP contribution in [0.1, 0.15) is 0 Å². The Morgan fingerprint density at radius 2 is 1.74 bits per heavy atom. The highest BCUT2D eigenvalue weighted by atomic mass is 35.5. The SMILES string of the molecule is FC(F)Oc1c(Cl)cncc1-c1cccc(Cl)c1Cl. The first-order valence-electron chi connectivity index (χ1n) is 5.03. The van der Waals surface area contributed by atoms with Gasteiger partial charge in [-0.15, -0.1) is 0 Å². The zero-order chi connectivity index (χ0) is 14.0. The highest BCUT2D eigenvalue weighted by molar-refractivity contribution is 6.43. The highest BCUT2D eigenvalue weighted by Crippen LogP contribution is 2.41. The fraction of sp³-hybridized carbons (Fsp3) is 0.0833. The lowest BCUT2D eigenvalue weighted by Gasteiger charge is -2.13. The largest absolute Gasteiger partial charge is 0.432 e. The molecule has 0 unspecified atom stereocenters. The quantitative estimate of drug-likeness (QED) is 0.763. The van der Waals surface area contributed by atoms with Crippen LogP contribution in [0.3, 0.4) is 0 Å². The lowest BCUT2D eigenvalue weighted by molar-refractivity contribution is -0.0494. The summed E-state index contributed by atoms with van der Waals surface area (Å²) in [6, 6.07) is 4.83. The van der Waals surface area contributed by atoms with Crippen LogP contribution in [0.4, 0.5) is 8.78 Å². The Morgan fingerprint density at radius 3 is 2.42 bits per heavy atom. The van der Waals surface area contributed by atoms with Gasteiger partial charge in [-0.05, 0) is 6.07 Å². The van der Waals surface area contributed by atoms with E-state index < -0.39 is 6.61 Å². The fourth-order valence-corrected chi connectivity index (χ4v) is 2.14. The number of rotatable bonds is 3. The van der Waals surface area contributed by atoms with Gasteiger partial charge >= 0.3 is 6.61 Å². The van der Waals surface area contributed by atoms with Crippen LogP contribution in [0.5, 0.6) is 5.75 Å². The molecule has 0 bridgehead atoms. The number of alkyl halides is 2. The van der Waals surface area contributed by atoms with E-state index in [9.17, 15) is 8.78 Å². The van der Waals surface area contributed by atoms with E-state index in [4.69, 9.17) is 34.8 Å². The van der Waals surface area contributed by atoms with Crippen molar-refractivity contribution in [1.82, 2.24) is 4.98 Å². The summed E-state index contributed by atoms with van der Waals surface area (Å²) in [6.07, 6.45) is 2.54. The molecule has 0 aliphatic heterocycles. The van der Waals surface area contributed by atoms with E-state index in [1.807, 2.05) is 0 Å². The normalized spacial score (nSPS) is 10.8. The molecule has 0 fully saturated rings. The molecule has 0 amide bonds. The third kappa shape index (κ3) is 3.08. The molecule has 1 heterocycles. The van der Waals surface area contributed by atoms with E-state index in [0.29, 0.717) is 10.6 Å². The Balaban J connectivity index is 2.62. The lowest BCUT2D eigenvalue weighted by Crippen LogP contribution is -2.04. The van der Waals surface area contributed by atoms with E-state index in [1.165, 1.54) is 12.4 Å². The zero-order valence-electron chi connectivity index (χ0n) is 9.21. The van der Waals surface area contributed by atoms with E-state index in [0.717, 1.165) is 0 Å². The molecule has 0 aliphatic rings. The molecule has 2 rings (SSSR count). The Kier molecular flexibility index (Phi) is 4.45. The monoisotopic (exact) mass is 323 g/mol. The highest BCUT2D eigenvalue weighted by Gasteiger charge is 2.18. The smallest absolute Gasteiger partial charge is 0.387 e. The Morgan fingerprint density at radius 1 is 1.00 bits per heavy atom. The van der Waals surface area contributed by atoms with Gasteiger partial charge in [-0.2, -0.15) is 8.78 Å². The van der Waals surface area contributed by atoms with E-state index in [1.54, 1.807) is 18.2 Å². The van der Waals surface area contributed by atoms with Gasteiger partial charge in [0.25, 0.3) is 0 Å². The second-order valence-corrected chi connectivity index (χ2v) is 4.67. The number of hydrogen-bond acceptors (Lipinski definition) is 2. The molecule has 0 radical (unpaired) electrons. The van der Waals surface area contributed by atoms with Gasteiger partial charge in [0.15, 0.2) is 5.75 Å². The van der Waals surface area contributed by atoms with Crippen LogP contribution < -0.4 is 4.74 Å². The average Bonchev–Trinajstić information content (AvgIpc) is 2.35. The van der Waals surface area contributed by atoms with Gasteiger partial charge in [0.05, 0.1) is 10.0 Å². The molecule has 19 heavy (non-hydrogen) atoms. The molecule has 0 N–H and O–H groups in total. The minimum atomic E-state index is -3.00. The molecule has 0 saturated carbocycles. The topological polar surface area (TPSA) is 22.1 Å². The second kappa shape index (κ2) is 5.90. The maximum Gasteiger partial charge on any atom is 0.387 e. The van der Waals surface area contributed by atoms with E-state index >= 15 is 0 Å². The summed E-state index contributed by atoms with van der Waals surface area (Å²) in [5, 5.41) is 0.475. The Hall–Kier alpha value is -1.10. The summed E-state index contributed by atoms with van der Waals surface area (Å²) in [5.41, 5.74) is 0.667. The van der Waals surface area contributed by atoms with Crippen LogP contribution >= 0.6 is 34.8 Å². The molecule has 0 atom stereocenters. The number of aromatic nitrogens is 1. The number of hydrogen-bond donors (Lipinski definition) is 0. The molecule has 2 nitrogen and oxygen atoms in total. The number of ether oxygens (including phenoxy) is 1. The van der Waals surface area contributed by atoms with E-state index in [-0.39, 0.29) is 21.4 Å². The van der Waals surface area contributed by atoms with Crippen molar-refractivity contribution >= 4 is 34.8 Å². The minimum Gasteiger partial charge on any atom is -0.432 e. The van der Waals surface area contributed by atoms with Gasteiger partial charge in [-0.3, -0.25) is 4.98 Å². The van der Waals surface area contributed by atoms with Crippen molar-refractivity contribution in [3.05, 3.63) is 45.7 Å². The summed E-state index contributed by atoms with van der Waals surface area (Å²) >= 11 is 17.7. The molecule has 100 valence electrons. The van der Waals surface area contributed by atoms with Crippen molar-refractivity contribution in [2.45, 2.75) is 6.61 Å². The molecule has 7 heteroatoms. The molecule has 0 saturated heterocycles. The number of nitrogens with zero attached hydrogens (tertiary/aromatic N) is 1. The second-order valence-electron chi connectivity index (χ2n) is 3.48. The zero-order valence-corrected chi connectivity index (χ0v) is 11.5. The van der Waals surface area contributed by atoms with Gasteiger partial charge in [0.2, 0.25) is 0 Å². The first kappa shape index (κ1) is 14.3. The number of halogens is 5. The van der Waals surface area contributed by atoms with Crippen LogP contribution in [-0.2, 0) is 0 Å². The van der Waals surface area contributed by atoms with Gasteiger partial charge in [0.1, 0.15) is 5.02 Å². The Labute approximate surface area is 122 Å². The molecule has 1 aromatic heterocycles. The number of pyridine rings is 1. The van der Waals surface area contributed by atoms with Gasteiger partial charge in [-0.1, -0.05) is 46.9 Å². The summed E-state index contributed by atoms with van der Waals surface area (Å²) in [5.74, 6) is -0.184. The van der Waals surface area contributed by atoms with Crippen molar-refractivity contribution in [2.75, 3.05) is 0 Å². The van der Waals surface area contributed by atoms with Crippen molar-refractivity contribution < 1.29 is 13.5 Å². The predicted octanol–water partition coefficient (Wildman–Crippen LogP) is 5.31. The van der Waals surface area contributed by atoms with Crippen molar-refractivity contribution in [3.8, 4) is 16.9 Å². The molecule has 0 spiro atoms. The van der Waals surface area contributed by atoms with Crippen LogP contribution in [0.25, 0.3) is 11.1 Å². The van der Waals surface area contributed by atoms with Crippen LogP contribution in [0, 0.1) is 0 Å². The molecular weight excluding hydrogens is 318 g/mol. The van der Waals surface area contributed by atoms with Gasteiger partial charge in [-0.25, -0.2) is 0 Å². The maximum atomic E-state index is 12.4. The van der Waals surface area contributed by atoms with Crippen LogP contribution in [0.15, 0.2) is 30.6 Å². The Bertz CT molecular complexity index is 608. The maximum absolute atomic E-state index is 12.4. The molecular formula is C12H6Cl3F2NO. The standard InChI is InChI=1S/C12H6Cl3F2NO/c13-8-3-1-2-6(10(8)15)7-4-18-5-9(14)11(7)19-12(16)17/h1-5,12H. The summed E-state index contributed by atoms with van der Waals surface area (Å²) in [4.78, 5) is 3.84. The first-order chi connectivity index (χ1) is 9.00. The lowest BCUT2D eigenvalue weighted by atomic mass is 10.1. The summed E-state index contributed by atoms with van der Waals surface area (Å²) in [6.45, 7) is -3.00. The molecule has 2 aromatic rings. The molecule has 1 aromatic carbocycles. The summed E-state index contributed by atoms with van der Waals surface area (Å²) < 4.78 is 29.2. The summed E-state index contributed by atoms with van der Waals surface area (Å²) in [7, 11) is 0. The van der Waals surface area contributed by atoms with Crippen LogP contribution in [0.2, 0.25) is 15.1 Å². The third-order valence-corrected chi connectivity index (χ3v) is 3.39. The van der Waals surface area contributed by atoms with E-state index in [2.05, 4.69) is 9.72 Å². The van der Waals surface area contributed by atoms with Crippen molar-refractivity contribution in [1.29, 1.82) is 0 Å². The predicted molar refractivity (Wildman–Crippen MR) is 71.3 cm³/mol. The first-order valence-corrected chi connectivity index (χ1v) is 6.16. The average molecular weight is 325 g/mol. The fourth-order valence-electron chi connectivity index (χ4n) is 1.54. The van der Waals surface area contributed by atoms with Gasteiger partial charge in [0, 0.05) is 23.5 Å². The molecule has 0 aliphatic carbocycles.